The zero-order valence-corrected chi connectivity index (χ0v) is 14.6. The minimum Gasteiger partial charge on any atom is -0.350 e. The molecule has 1 N–H and O–H groups in total. The van der Waals surface area contributed by atoms with Gasteiger partial charge in [0, 0.05) is 11.7 Å². The number of carbonyl (C=O) groups is 1. The van der Waals surface area contributed by atoms with Crippen molar-refractivity contribution in [2.45, 2.75) is 26.8 Å². The molecular weight excluding hydrogens is 315 g/mol. The summed E-state index contributed by atoms with van der Waals surface area (Å²) in [6, 6.07) is 18.2. The molecule has 3 aromatic rings. The molecular formula is C21H21FN2O. The summed E-state index contributed by atoms with van der Waals surface area (Å²) in [4.78, 5) is 12.6. The van der Waals surface area contributed by atoms with Gasteiger partial charge in [-0.1, -0.05) is 42.5 Å². The molecule has 1 amide bonds. The average molecular weight is 336 g/mol. The number of rotatable bonds is 4. The van der Waals surface area contributed by atoms with Crippen molar-refractivity contribution in [3.63, 3.8) is 0 Å². The molecule has 0 unspecified atom stereocenters. The fraction of sp³-hybridized carbons (Fsp3) is 0.190. The van der Waals surface area contributed by atoms with Crippen molar-refractivity contribution in [2.24, 2.45) is 0 Å². The maximum absolute atomic E-state index is 14.5. The summed E-state index contributed by atoms with van der Waals surface area (Å²) >= 11 is 0. The molecule has 0 bridgehead atoms. The number of amides is 1. The number of hydrogen-bond acceptors (Lipinski definition) is 1. The van der Waals surface area contributed by atoms with Gasteiger partial charge in [0.1, 0.15) is 5.82 Å². The first kappa shape index (κ1) is 17.0. The van der Waals surface area contributed by atoms with E-state index in [1.807, 2.05) is 57.2 Å². The Balaban J connectivity index is 2.23. The number of para-hydroxylation sites is 1. The molecule has 0 aliphatic heterocycles. The van der Waals surface area contributed by atoms with Crippen LogP contribution in [0.4, 0.5) is 4.39 Å². The third kappa shape index (κ3) is 3.33. The molecule has 0 aliphatic rings. The summed E-state index contributed by atoms with van der Waals surface area (Å²) < 4.78 is 16.3. The number of halogens is 1. The lowest BCUT2D eigenvalue weighted by Crippen LogP contribution is -2.30. The number of carbonyl (C=O) groups excluding carboxylic acids is 1. The highest BCUT2D eigenvalue weighted by atomic mass is 19.1. The summed E-state index contributed by atoms with van der Waals surface area (Å²) in [6.07, 6.45) is 0. The lowest BCUT2D eigenvalue weighted by atomic mass is 10.1. The molecule has 3 nitrogen and oxygen atoms in total. The first-order valence-electron chi connectivity index (χ1n) is 8.32. The van der Waals surface area contributed by atoms with Crippen LogP contribution >= 0.6 is 0 Å². The number of hydrogen-bond donors (Lipinski definition) is 1. The predicted octanol–water partition coefficient (Wildman–Crippen LogP) is 4.73. The molecule has 3 rings (SSSR count). The van der Waals surface area contributed by atoms with Gasteiger partial charge in [-0.05, 0) is 44.5 Å². The van der Waals surface area contributed by atoms with E-state index in [9.17, 15) is 9.18 Å². The van der Waals surface area contributed by atoms with E-state index in [1.165, 1.54) is 6.07 Å². The molecule has 0 saturated heterocycles. The van der Waals surface area contributed by atoms with E-state index in [-0.39, 0.29) is 17.8 Å². The molecule has 0 atom stereocenters. The van der Waals surface area contributed by atoms with Gasteiger partial charge in [-0.25, -0.2) is 4.39 Å². The standard InChI is InChI=1S/C21H21FN2O/c1-14(2)23-21(25)17-13-20(16-9-5-4-6-10-16)24(15(17)3)19-12-8-7-11-18(19)22/h4-14H,1-3H3,(H,23,25). The topological polar surface area (TPSA) is 34.0 Å². The third-order valence-electron chi connectivity index (χ3n) is 4.07. The van der Waals surface area contributed by atoms with Crippen molar-refractivity contribution in [2.75, 3.05) is 0 Å². The maximum atomic E-state index is 14.5. The Kier molecular flexibility index (Phi) is 4.70. The van der Waals surface area contributed by atoms with Crippen LogP contribution in [0, 0.1) is 12.7 Å². The van der Waals surface area contributed by atoms with Crippen molar-refractivity contribution in [1.29, 1.82) is 0 Å². The van der Waals surface area contributed by atoms with E-state index in [1.54, 1.807) is 22.8 Å². The highest BCUT2D eigenvalue weighted by molar-refractivity contribution is 5.97. The molecule has 0 fully saturated rings. The minimum atomic E-state index is -0.325. The largest absolute Gasteiger partial charge is 0.350 e. The van der Waals surface area contributed by atoms with Gasteiger partial charge < -0.3 is 9.88 Å². The zero-order chi connectivity index (χ0) is 18.0. The maximum Gasteiger partial charge on any atom is 0.253 e. The van der Waals surface area contributed by atoms with Crippen LogP contribution in [-0.2, 0) is 0 Å². The second-order valence-corrected chi connectivity index (χ2v) is 6.31. The van der Waals surface area contributed by atoms with Gasteiger partial charge in [0.2, 0.25) is 0 Å². The quantitative estimate of drug-likeness (QED) is 0.734. The van der Waals surface area contributed by atoms with Crippen LogP contribution in [0.5, 0.6) is 0 Å². The van der Waals surface area contributed by atoms with Crippen LogP contribution in [0.15, 0.2) is 60.7 Å². The molecule has 2 aromatic carbocycles. The summed E-state index contributed by atoms with van der Waals surface area (Å²) in [5.41, 5.74) is 3.41. The summed E-state index contributed by atoms with van der Waals surface area (Å²) in [5, 5.41) is 2.91. The first-order chi connectivity index (χ1) is 12.0. The SMILES string of the molecule is Cc1c(C(=O)NC(C)C)cc(-c2ccccc2)n1-c1ccccc1F. The second-order valence-electron chi connectivity index (χ2n) is 6.31. The Labute approximate surface area is 147 Å². The van der Waals surface area contributed by atoms with Crippen molar-refractivity contribution in [3.8, 4) is 16.9 Å². The zero-order valence-electron chi connectivity index (χ0n) is 14.6. The van der Waals surface area contributed by atoms with Crippen LogP contribution in [0.1, 0.15) is 29.9 Å². The molecule has 0 radical (unpaired) electrons. The van der Waals surface area contributed by atoms with Crippen LogP contribution in [0.3, 0.4) is 0 Å². The van der Waals surface area contributed by atoms with Crippen molar-refractivity contribution < 1.29 is 9.18 Å². The summed E-state index contributed by atoms with van der Waals surface area (Å²) in [5.74, 6) is -0.478. The fourth-order valence-electron chi connectivity index (χ4n) is 2.94. The third-order valence-corrected chi connectivity index (χ3v) is 4.07. The van der Waals surface area contributed by atoms with Gasteiger partial charge in [0.25, 0.3) is 5.91 Å². The number of aromatic nitrogens is 1. The molecule has 1 heterocycles. The van der Waals surface area contributed by atoms with Gasteiger partial charge in [-0.2, -0.15) is 0 Å². The Hall–Kier alpha value is -2.88. The number of nitrogens with one attached hydrogen (secondary N) is 1. The molecule has 0 saturated carbocycles. The van der Waals surface area contributed by atoms with Crippen LogP contribution in [-0.4, -0.2) is 16.5 Å². The van der Waals surface area contributed by atoms with Crippen molar-refractivity contribution >= 4 is 5.91 Å². The smallest absolute Gasteiger partial charge is 0.253 e. The Morgan fingerprint density at radius 3 is 2.32 bits per heavy atom. The molecule has 4 heteroatoms. The van der Waals surface area contributed by atoms with E-state index in [2.05, 4.69) is 5.32 Å². The minimum absolute atomic E-state index is 0.0314. The lowest BCUT2D eigenvalue weighted by Gasteiger charge is -2.13. The molecule has 25 heavy (non-hydrogen) atoms. The Morgan fingerprint density at radius 1 is 1.04 bits per heavy atom. The van der Waals surface area contributed by atoms with E-state index >= 15 is 0 Å². The average Bonchev–Trinajstić information content (AvgIpc) is 2.93. The molecule has 0 aliphatic carbocycles. The van der Waals surface area contributed by atoms with Gasteiger partial charge in [-0.15, -0.1) is 0 Å². The molecule has 128 valence electrons. The van der Waals surface area contributed by atoms with Gasteiger partial charge in [0.15, 0.2) is 0 Å². The van der Waals surface area contributed by atoms with Gasteiger partial charge in [-0.3, -0.25) is 4.79 Å². The number of benzene rings is 2. The predicted molar refractivity (Wildman–Crippen MR) is 98.5 cm³/mol. The Morgan fingerprint density at radius 2 is 1.68 bits per heavy atom. The van der Waals surface area contributed by atoms with Crippen LogP contribution in [0.2, 0.25) is 0 Å². The number of nitrogens with zero attached hydrogens (tertiary/aromatic N) is 1. The summed E-state index contributed by atoms with van der Waals surface area (Å²) in [6.45, 7) is 5.67. The van der Waals surface area contributed by atoms with E-state index < -0.39 is 0 Å². The van der Waals surface area contributed by atoms with E-state index in [4.69, 9.17) is 0 Å². The van der Waals surface area contributed by atoms with Crippen molar-refractivity contribution in [3.05, 3.63) is 77.7 Å². The highest BCUT2D eigenvalue weighted by Gasteiger charge is 2.21. The van der Waals surface area contributed by atoms with Crippen LogP contribution < -0.4 is 5.32 Å². The van der Waals surface area contributed by atoms with E-state index in [0.29, 0.717) is 16.9 Å². The first-order valence-corrected chi connectivity index (χ1v) is 8.32. The second kappa shape index (κ2) is 6.93. The Bertz CT molecular complexity index is 898. The lowest BCUT2D eigenvalue weighted by molar-refractivity contribution is 0.0942. The molecule has 0 spiro atoms. The fourth-order valence-corrected chi connectivity index (χ4v) is 2.94. The van der Waals surface area contributed by atoms with Gasteiger partial charge >= 0.3 is 0 Å². The van der Waals surface area contributed by atoms with Crippen LogP contribution in [0.25, 0.3) is 16.9 Å². The normalized spacial score (nSPS) is 10.9. The summed E-state index contributed by atoms with van der Waals surface area (Å²) in [7, 11) is 0. The molecule has 1 aromatic heterocycles. The van der Waals surface area contributed by atoms with Gasteiger partial charge in [0.05, 0.1) is 16.9 Å². The van der Waals surface area contributed by atoms with E-state index in [0.717, 1.165) is 11.3 Å². The monoisotopic (exact) mass is 336 g/mol. The highest BCUT2D eigenvalue weighted by Crippen LogP contribution is 2.30. The van der Waals surface area contributed by atoms with Crippen molar-refractivity contribution in [1.82, 2.24) is 9.88 Å².